The van der Waals surface area contributed by atoms with Gasteiger partial charge in [-0.3, -0.25) is 0 Å². The van der Waals surface area contributed by atoms with Crippen molar-refractivity contribution >= 4 is 11.8 Å². The molecule has 0 heterocycles. The van der Waals surface area contributed by atoms with Crippen molar-refractivity contribution in [2.24, 2.45) is 0 Å². The molecule has 0 atom stereocenters. The smallest absolute Gasteiger partial charge is 0.0918 e. The van der Waals surface area contributed by atoms with Crippen molar-refractivity contribution in [2.75, 3.05) is 25.3 Å². The van der Waals surface area contributed by atoms with E-state index in [0.717, 1.165) is 25.5 Å². The second-order valence-corrected chi connectivity index (χ2v) is 4.66. The third-order valence-electron chi connectivity index (χ3n) is 1.32. The molecule has 0 aromatic carbocycles. The van der Waals surface area contributed by atoms with Gasteiger partial charge >= 0.3 is 0 Å². The van der Waals surface area contributed by atoms with Gasteiger partial charge in [0.05, 0.1) is 5.94 Å². The second-order valence-electron chi connectivity index (χ2n) is 3.85. The zero-order valence-corrected chi connectivity index (χ0v) is 9.46. The van der Waals surface area contributed by atoms with Crippen LogP contribution in [0, 0.1) is 0 Å². The zero-order valence-electron chi connectivity index (χ0n) is 8.64. The van der Waals surface area contributed by atoms with Gasteiger partial charge in [-0.1, -0.05) is 0 Å². The van der Waals surface area contributed by atoms with Gasteiger partial charge in [0.2, 0.25) is 0 Å². The molecule has 2 nitrogen and oxygen atoms in total. The molecule has 0 radical (unpaired) electrons. The van der Waals surface area contributed by atoms with Crippen LogP contribution in [-0.4, -0.2) is 30.9 Å². The van der Waals surface area contributed by atoms with Crippen molar-refractivity contribution < 1.29 is 4.74 Å². The van der Waals surface area contributed by atoms with E-state index in [-0.39, 0.29) is 5.54 Å². The van der Waals surface area contributed by atoms with E-state index in [2.05, 4.69) is 26.1 Å². The number of hydrogen-bond donors (Lipinski definition) is 1. The van der Waals surface area contributed by atoms with Crippen molar-refractivity contribution in [3.63, 3.8) is 0 Å². The Labute approximate surface area is 80.4 Å². The number of ether oxygens (including phenoxy) is 1. The summed E-state index contributed by atoms with van der Waals surface area (Å²) >= 11 is 1.72. The SMILES string of the molecule is CSCOCCCNC(C)(C)C. The lowest BCUT2D eigenvalue weighted by molar-refractivity contribution is 0.177. The Balaban J connectivity index is 3.01. The van der Waals surface area contributed by atoms with Crippen molar-refractivity contribution in [3.8, 4) is 0 Å². The molecule has 0 saturated heterocycles. The van der Waals surface area contributed by atoms with Gasteiger partial charge in [-0.25, -0.2) is 0 Å². The monoisotopic (exact) mass is 191 g/mol. The summed E-state index contributed by atoms with van der Waals surface area (Å²) in [6.07, 6.45) is 3.14. The average molecular weight is 191 g/mol. The van der Waals surface area contributed by atoms with Crippen LogP contribution in [0.25, 0.3) is 0 Å². The fourth-order valence-corrected chi connectivity index (χ4v) is 1.06. The van der Waals surface area contributed by atoms with E-state index in [0.29, 0.717) is 0 Å². The molecule has 0 aromatic rings. The van der Waals surface area contributed by atoms with E-state index in [1.54, 1.807) is 11.8 Å². The van der Waals surface area contributed by atoms with Crippen LogP contribution in [0.5, 0.6) is 0 Å². The van der Waals surface area contributed by atoms with Gasteiger partial charge in [-0.2, -0.15) is 0 Å². The molecule has 0 aromatic heterocycles. The molecule has 0 saturated carbocycles. The van der Waals surface area contributed by atoms with Crippen LogP contribution in [0.1, 0.15) is 27.2 Å². The molecular formula is C9H21NOS. The summed E-state index contributed by atoms with van der Waals surface area (Å²) in [7, 11) is 0. The van der Waals surface area contributed by atoms with E-state index >= 15 is 0 Å². The summed E-state index contributed by atoms with van der Waals surface area (Å²) in [6, 6.07) is 0. The third kappa shape index (κ3) is 10.3. The molecule has 0 bridgehead atoms. The molecule has 0 rings (SSSR count). The van der Waals surface area contributed by atoms with Crippen LogP contribution < -0.4 is 5.32 Å². The van der Waals surface area contributed by atoms with Crippen LogP contribution in [0.15, 0.2) is 0 Å². The topological polar surface area (TPSA) is 21.3 Å². The summed E-state index contributed by atoms with van der Waals surface area (Å²) < 4.78 is 5.32. The lowest BCUT2D eigenvalue weighted by Crippen LogP contribution is -2.36. The fraction of sp³-hybridized carbons (Fsp3) is 1.00. The van der Waals surface area contributed by atoms with Crippen molar-refractivity contribution in [1.29, 1.82) is 0 Å². The predicted octanol–water partition coefficient (Wildman–Crippen LogP) is 2.10. The van der Waals surface area contributed by atoms with Crippen LogP contribution in [0.3, 0.4) is 0 Å². The Kier molecular flexibility index (Phi) is 6.90. The molecule has 0 aliphatic rings. The van der Waals surface area contributed by atoms with Gasteiger partial charge in [0, 0.05) is 12.1 Å². The first-order valence-electron chi connectivity index (χ1n) is 4.38. The fourth-order valence-electron chi connectivity index (χ4n) is 0.780. The summed E-state index contributed by atoms with van der Waals surface area (Å²) in [5, 5.41) is 3.41. The lowest BCUT2D eigenvalue weighted by atomic mass is 10.1. The highest BCUT2D eigenvalue weighted by atomic mass is 32.2. The van der Waals surface area contributed by atoms with E-state index in [4.69, 9.17) is 4.74 Å². The molecule has 0 aliphatic heterocycles. The number of rotatable bonds is 6. The molecule has 1 N–H and O–H groups in total. The van der Waals surface area contributed by atoms with Crippen LogP contribution in [0.2, 0.25) is 0 Å². The number of thioether (sulfide) groups is 1. The average Bonchev–Trinajstić information content (AvgIpc) is 1.94. The highest BCUT2D eigenvalue weighted by molar-refractivity contribution is 7.98. The van der Waals surface area contributed by atoms with Crippen molar-refractivity contribution in [1.82, 2.24) is 5.32 Å². The minimum absolute atomic E-state index is 0.236. The van der Waals surface area contributed by atoms with E-state index in [1.165, 1.54) is 0 Å². The maximum atomic E-state index is 5.32. The second kappa shape index (κ2) is 6.75. The first-order valence-corrected chi connectivity index (χ1v) is 5.77. The van der Waals surface area contributed by atoms with Gasteiger partial charge in [-0.05, 0) is 40.0 Å². The molecule has 0 amide bonds. The Morgan fingerprint density at radius 1 is 1.33 bits per heavy atom. The van der Waals surface area contributed by atoms with Gasteiger partial charge in [0.1, 0.15) is 0 Å². The molecule has 3 heteroatoms. The van der Waals surface area contributed by atoms with Gasteiger partial charge in [0.15, 0.2) is 0 Å². The highest BCUT2D eigenvalue weighted by Gasteiger charge is 2.06. The van der Waals surface area contributed by atoms with Crippen LogP contribution in [-0.2, 0) is 4.74 Å². The Hall–Kier alpha value is 0.270. The summed E-state index contributed by atoms with van der Waals surface area (Å²) in [4.78, 5) is 0. The van der Waals surface area contributed by atoms with Crippen LogP contribution >= 0.6 is 11.8 Å². The Morgan fingerprint density at radius 2 is 2.00 bits per heavy atom. The molecule has 12 heavy (non-hydrogen) atoms. The minimum atomic E-state index is 0.236. The predicted molar refractivity (Wildman–Crippen MR) is 56.7 cm³/mol. The zero-order chi connectivity index (χ0) is 9.45. The summed E-state index contributed by atoms with van der Waals surface area (Å²) in [5.41, 5.74) is 0.236. The quantitative estimate of drug-likeness (QED) is 0.513. The summed E-state index contributed by atoms with van der Waals surface area (Å²) in [6.45, 7) is 8.43. The lowest BCUT2D eigenvalue weighted by Gasteiger charge is -2.20. The largest absolute Gasteiger partial charge is 0.371 e. The third-order valence-corrected chi connectivity index (χ3v) is 1.72. The number of hydrogen-bond acceptors (Lipinski definition) is 3. The Morgan fingerprint density at radius 3 is 2.50 bits per heavy atom. The highest BCUT2D eigenvalue weighted by Crippen LogP contribution is 1.98. The summed E-state index contributed by atoms with van der Waals surface area (Å²) in [5.74, 6) is 0.815. The van der Waals surface area contributed by atoms with E-state index in [9.17, 15) is 0 Å². The van der Waals surface area contributed by atoms with Gasteiger partial charge in [-0.15, -0.1) is 11.8 Å². The number of nitrogens with one attached hydrogen (secondary N) is 1. The van der Waals surface area contributed by atoms with E-state index in [1.807, 2.05) is 6.26 Å². The maximum absolute atomic E-state index is 5.32. The van der Waals surface area contributed by atoms with Crippen molar-refractivity contribution in [3.05, 3.63) is 0 Å². The molecule has 0 aliphatic carbocycles. The molecule has 0 spiro atoms. The van der Waals surface area contributed by atoms with E-state index < -0.39 is 0 Å². The molecular weight excluding hydrogens is 170 g/mol. The molecule has 0 fully saturated rings. The van der Waals surface area contributed by atoms with Crippen LogP contribution in [0.4, 0.5) is 0 Å². The first-order chi connectivity index (χ1) is 5.56. The van der Waals surface area contributed by atoms with Gasteiger partial charge < -0.3 is 10.1 Å². The normalized spacial score (nSPS) is 12.0. The molecule has 0 unspecified atom stereocenters. The van der Waals surface area contributed by atoms with Crippen molar-refractivity contribution in [2.45, 2.75) is 32.7 Å². The molecule has 74 valence electrons. The maximum Gasteiger partial charge on any atom is 0.0918 e. The standard InChI is InChI=1S/C9H21NOS/c1-9(2,3)10-6-5-7-11-8-12-4/h10H,5-8H2,1-4H3. The minimum Gasteiger partial charge on any atom is -0.371 e. The Bertz CT molecular complexity index is 101. The van der Waals surface area contributed by atoms with Gasteiger partial charge in [0.25, 0.3) is 0 Å². The first kappa shape index (κ1) is 12.3.